The van der Waals surface area contributed by atoms with E-state index in [0.29, 0.717) is 12.1 Å². The maximum atomic E-state index is 5.49. The van der Waals surface area contributed by atoms with Crippen LogP contribution in [0.15, 0.2) is 4.99 Å². The van der Waals surface area contributed by atoms with E-state index >= 15 is 0 Å². The zero-order valence-electron chi connectivity index (χ0n) is 13.9. The smallest absolute Gasteiger partial charge is 0.194 e. The maximum absolute atomic E-state index is 5.49. The third kappa shape index (κ3) is 5.50. The number of nitrogens with zero attached hydrogens (tertiary/aromatic N) is 2. The van der Waals surface area contributed by atoms with Crippen molar-refractivity contribution in [2.75, 3.05) is 26.3 Å². The van der Waals surface area contributed by atoms with Crippen molar-refractivity contribution in [3.63, 3.8) is 0 Å². The minimum absolute atomic E-state index is 0. The van der Waals surface area contributed by atoms with Gasteiger partial charge >= 0.3 is 0 Å². The Morgan fingerprint density at radius 2 is 1.95 bits per heavy atom. The van der Waals surface area contributed by atoms with Crippen molar-refractivity contribution in [3.05, 3.63) is 0 Å². The largest absolute Gasteiger partial charge is 0.378 e. The van der Waals surface area contributed by atoms with Gasteiger partial charge < -0.3 is 15.0 Å². The second kappa shape index (κ2) is 9.29. The fourth-order valence-corrected chi connectivity index (χ4v) is 3.28. The summed E-state index contributed by atoms with van der Waals surface area (Å²) in [6.45, 7) is 8.13. The molecule has 0 aromatic heterocycles. The van der Waals surface area contributed by atoms with E-state index in [1.807, 2.05) is 0 Å². The lowest BCUT2D eigenvalue weighted by molar-refractivity contribution is 0.0658. The first-order valence-electron chi connectivity index (χ1n) is 9.00. The number of hydrogen-bond donors (Lipinski definition) is 1. The average molecular weight is 297 g/mol. The molecule has 124 valence electrons. The molecule has 0 aromatic carbocycles. The third-order valence-electron chi connectivity index (χ3n) is 4.65. The van der Waals surface area contributed by atoms with Crippen LogP contribution in [-0.4, -0.2) is 49.2 Å². The van der Waals surface area contributed by atoms with E-state index in [9.17, 15) is 0 Å². The molecule has 1 saturated heterocycles. The summed E-state index contributed by atoms with van der Waals surface area (Å²) in [6.07, 6.45) is 10.2. The normalized spacial score (nSPS) is 23.1. The number of hydrogen-bond acceptors (Lipinski definition) is 2. The predicted octanol–water partition coefficient (Wildman–Crippen LogP) is 3.42. The minimum atomic E-state index is 0. The number of rotatable bonds is 5. The lowest BCUT2D eigenvalue weighted by Gasteiger charge is -2.33. The molecule has 1 unspecified atom stereocenters. The minimum Gasteiger partial charge on any atom is -0.378 e. The van der Waals surface area contributed by atoms with Crippen LogP contribution in [0.25, 0.3) is 0 Å². The van der Waals surface area contributed by atoms with Gasteiger partial charge in [0.1, 0.15) is 0 Å². The summed E-state index contributed by atoms with van der Waals surface area (Å²) in [5.41, 5.74) is 0. The van der Waals surface area contributed by atoms with Gasteiger partial charge in [0.05, 0.1) is 19.3 Å². The highest BCUT2D eigenvalue weighted by Crippen LogP contribution is 2.21. The van der Waals surface area contributed by atoms with Crippen LogP contribution in [0.5, 0.6) is 0 Å². The van der Waals surface area contributed by atoms with Gasteiger partial charge in [0.15, 0.2) is 5.96 Å². The van der Waals surface area contributed by atoms with Gasteiger partial charge in [0.2, 0.25) is 0 Å². The molecular formula is C17H35N3O. The fourth-order valence-electron chi connectivity index (χ4n) is 3.28. The molecule has 4 nitrogen and oxygen atoms in total. The van der Waals surface area contributed by atoms with Gasteiger partial charge in [0.25, 0.3) is 0 Å². The Bertz CT molecular complexity index is 313. The molecule has 0 radical (unpaired) electrons. The average Bonchev–Trinajstić information content (AvgIpc) is 2.55. The summed E-state index contributed by atoms with van der Waals surface area (Å²) >= 11 is 0. The molecule has 2 fully saturated rings. The molecule has 0 amide bonds. The van der Waals surface area contributed by atoms with Crippen LogP contribution in [0, 0.1) is 0 Å². The second-order valence-corrected chi connectivity index (χ2v) is 6.38. The third-order valence-corrected chi connectivity index (χ3v) is 4.65. The van der Waals surface area contributed by atoms with Crippen molar-refractivity contribution in [2.24, 2.45) is 4.99 Å². The quantitative estimate of drug-likeness (QED) is 0.624. The first-order chi connectivity index (χ1) is 10.3. The molecular weight excluding hydrogens is 262 g/mol. The fraction of sp³-hybridized carbons (Fsp3) is 0.941. The van der Waals surface area contributed by atoms with Crippen LogP contribution in [0.1, 0.15) is 66.6 Å². The lowest BCUT2D eigenvalue weighted by atomic mass is 9.96. The van der Waals surface area contributed by atoms with Crippen molar-refractivity contribution in [1.29, 1.82) is 0 Å². The first-order valence-corrected chi connectivity index (χ1v) is 9.00. The Morgan fingerprint density at radius 1 is 1.24 bits per heavy atom. The summed E-state index contributed by atoms with van der Waals surface area (Å²) in [4.78, 5) is 7.50. The molecule has 21 heavy (non-hydrogen) atoms. The van der Waals surface area contributed by atoms with Gasteiger partial charge in [-0.2, -0.15) is 0 Å². The van der Waals surface area contributed by atoms with Crippen molar-refractivity contribution in [1.82, 2.24) is 10.2 Å². The Kier molecular flexibility index (Phi) is 7.34. The number of aliphatic imine (C=N–C) groups is 1. The molecule has 2 rings (SSSR count). The van der Waals surface area contributed by atoms with Crippen LogP contribution in [0.4, 0.5) is 0 Å². The molecule has 4 heteroatoms. The number of nitrogens with one attached hydrogen (secondary N) is 1. The van der Waals surface area contributed by atoms with Crippen LogP contribution >= 0.6 is 0 Å². The van der Waals surface area contributed by atoms with Crippen molar-refractivity contribution in [3.8, 4) is 0 Å². The summed E-state index contributed by atoms with van der Waals surface area (Å²) in [6, 6.07) is 1.09. The summed E-state index contributed by atoms with van der Waals surface area (Å²) in [7, 11) is 0. The van der Waals surface area contributed by atoms with E-state index in [1.165, 1.54) is 51.4 Å². The highest BCUT2D eigenvalue weighted by Gasteiger charge is 2.20. The van der Waals surface area contributed by atoms with Crippen molar-refractivity contribution >= 4 is 5.96 Å². The second-order valence-electron chi connectivity index (χ2n) is 6.38. The van der Waals surface area contributed by atoms with E-state index < -0.39 is 0 Å². The van der Waals surface area contributed by atoms with Crippen LogP contribution in [-0.2, 0) is 4.74 Å². The van der Waals surface area contributed by atoms with Crippen LogP contribution in [0.2, 0.25) is 0 Å². The highest BCUT2D eigenvalue weighted by molar-refractivity contribution is 5.80. The Labute approximate surface area is 131 Å². The van der Waals surface area contributed by atoms with Gasteiger partial charge in [-0.1, -0.05) is 39.5 Å². The molecule has 0 bridgehead atoms. The molecule has 2 aliphatic rings. The van der Waals surface area contributed by atoms with E-state index in [2.05, 4.69) is 24.1 Å². The Morgan fingerprint density at radius 3 is 2.57 bits per heavy atom. The molecule has 1 atom stereocenters. The SMILES string of the molecule is CCCC(CC)NC(=NC1CCCCC1)N1CCOCC1.[HH]. The van der Waals surface area contributed by atoms with Crippen molar-refractivity contribution in [2.45, 2.75) is 77.3 Å². The Balaban J connectivity index is 0.00000242. The predicted molar refractivity (Wildman–Crippen MR) is 90.9 cm³/mol. The molecule has 1 aliphatic heterocycles. The first kappa shape index (κ1) is 16.6. The maximum Gasteiger partial charge on any atom is 0.194 e. The van der Waals surface area contributed by atoms with Gasteiger partial charge in [-0.15, -0.1) is 0 Å². The topological polar surface area (TPSA) is 36.9 Å². The molecule has 0 aromatic rings. The molecule has 0 spiro atoms. The van der Waals surface area contributed by atoms with Crippen molar-refractivity contribution < 1.29 is 6.16 Å². The van der Waals surface area contributed by atoms with E-state index in [4.69, 9.17) is 9.73 Å². The number of guanidine groups is 1. The van der Waals surface area contributed by atoms with Gasteiger partial charge in [-0.25, -0.2) is 4.99 Å². The van der Waals surface area contributed by atoms with E-state index in [1.54, 1.807) is 0 Å². The Hall–Kier alpha value is -0.770. The van der Waals surface area contributed by atoms with E-state index in [-0.39, 0.29) is 1.43 Å². The molecule has 1 heterocycles. The number of ether oxygens (including phenoxy) is 1. The summed E-state index contributed by atoms with van der Waals surface area (Å²) in [5.74, 6) is 1.14. The van der Waals surface area contributed by atoms with Gasteiger partial charge in [-0.05, 0) is 25.7 Å². The molecule has 1 aliphatic carbocycles. The van der Waals surface area contributed by atoms with E-state index in [0.717, 1.165) is 32.3 Å². The number of morpholine rings is 1. The summed E-state index contributed by atoms with van der Waals surface area (Å²) < 4.78 is 5.49. The summed E-state index contributed by atoms with van der Waals surface area (Å²) in [5, 5.41) is 3.74. The molecule has 1 saturated carbocycles. The zero-order chi connectivity index (χ0) is 14.9. The monoisotopic (exact) mass is 297 g/mol. The molecule has 1 N–H and O–H groups in total. The van der Waals surface area contributed by atoms with Gasteiger partial charge in [-0.3, -0.25) is 0 Å². The zero-order valence-corrected chi connectivity index (χ0v) is 13.9. The highest BCUT2D eigenvalue weighted by atomic mass is 16.5. The van der Waals surface area contributed by atoms with Gasteiger partial charge in [0, 0.05) is 20.6 Å². The lowest BCUT2D eigenvalue weighted by Crippen LogP contribution is -2.50. The van der Waals surface area contributed by atoms with Crippen LogP contribution in [0.3, 0.4) is 0 Å². The van der Waals surface area contributed by atoms with Crippen LogP contribution < -0.4 is 5.32 Å². The standard InChI is InChI=1S/C17H33N3O.H2/c1-3-8-15(4-2)18-17(20-11-13-21-14-12-20)19-16-9-6-5-7-10-16;/h15-16H,3-14H2,1-2H3,(H,18,19);1H.